The number of rotatable bonds is 5. The first kappa shape index (κ1) is 15.0. The van der Waals surface area contributed by atoms with Crippen LogP contribution in [0.5, 0.6) is 0 Å². The van der Waals surface area contributed by atoms with Gasteiger partial charge in [-0.15, -0.1) is 11.8 Å². The Kier molecular flexibility index (Phi) is 4.87. The van der Waals surface area contributed by atoms with E-state index in [2.05, 4.69) is 0 Å². The van der Waals surface area contributed by atoms with Crippen molar-refractivity contribution in [3.8, 4) is 0 Å². The van der Waals surface area contributed by atoms with Crippen molar-refractivity contribution < 1.29 is 19.6 Å². The number of carbonyl (C=O) groups excluding carboxylic acids is 1. The molecule has 1 rings (SSSR count). The van der Waals surface area contributed by atoms with Crippen LogP contribution in [0.1, 0.15) is 10.4 Å². The molecule has 0 aliphatic rings. The summed E-state index contributed by atoms with van der Waals surface area (Å²) < 4.78 is 0. The number of carboxylic acid groups (broad SMARTS) is 1. The lowest BCUT2D eigenvalue weighted by Crippen LogP contribution is -2.32. The first-order valence-electron chi connectivity index (χ1n) is 5.16. The highest BCUT2D eigenvalue weighted by molar-refractivity contribution is 7.98. The second-order valence-corrected chi connectivity index (χ2v) is 4.57. The van der Waals surface area contributed by atoms with Gasteiger partial charge in [-0.3, -0.25) is 19.7 Å². The zero-order valence-corrected chi connectivity index (χ0v) is 11.1. The van der Waals surface area contributed by atoms with Crippen molar-refractivity contribution in [2.24, 2.45) is 0 Å². The van der Waals surface area contributed by atoms with E-state index in [1.54, 1.807) is 6.26 Å². The van der Waals surface area contributed by atoms with Gasteiger partial charge in [0.1, 0.15) is 12.1 Å². The lowest BCUT2D eigenvalue weighted by Gasteiger charge is -2.14. The Bertz CT molecular complexity index is 532. The molecular weight excluding hydrogens is 272 g/mol. The van der Waals surface area contributed by atoms with Gasteiger partial charge in [0, 0.05) is 18.0 Å². The Labute approximate surface area is 113 Å². The third kappa shape index (κ3) is 3.68. The molecule has 0 spiro atoms. The minimum Gasteiger partial charge on any atom is -0.480 e. The number of nitrogens with zero attached hydrogens (tertiary/aromatic N) is 2. The summed E-state index contributed by atoms with van der Waals surface area (Å²) >= 11 is 1.34. The number of hydrogen-bond donors (Lipinski definition) is 1. The molecule has 0 saturated heterocycles. The Morgan fingerprint density at radius 1 is 1.47 bits per heavy atom. The highest BCUT2D eigenvalue weighted by Gasteiger charge is 2.24. The molecule has 0 fully saturated rings. The van der Waals surface area contributed by atoms with E-state index in [4.69, 9.17) is 5.11 Å². The molecule has 19 heavy (non-hydrogen) atoms. The van der Waals surface area contributed by atoms with Crippen molar-refractivity contribution in [1.29, 1.82) is 0 Å². The van der Waals surface area contributed by atoms with Gasteiger partial charge >= 0.3 is 5.97 Å². The van der Waals surface area contributed by atoms with Crippen LogP contribution in [0, 0.1) is 10.1 Å². The van der Waals surface area contributed by atoms with Crippen LogP contribution in [-0.2, 0) is 4.79 Å². The SMILES string of the molecule is CSc1ccc([N+](=O)[O-])c(C(=O)N(C)CC(=O)O)c1. The van der Waals surface area contributed by atoms with E-state index in [1.807, 2.05) is 0 Å². The molecule has 0 saturated carbocycles. The smallest absolute Gasteiger partial charge is 0.323 e. The molecule has 102 valence electrons. The molecule has 0 atom stereocenters. The highest BCUT2D eigenvalue weighted by atomic mass is 32.2. The van der Waals surface area contributed by atoms with Gasteiger partial charge in [-0.2, -0.15) is 0 Å². The van der Waals surface area contributed by atoms with Crippen LogP contribution in [0.4, 0.5) is 5.69 Å². The van der Waals surface area contributed by atoms with Crippen molar-refractivity contribution in [1.82, 2.24) is 4.90 Å². The lowest BCUT2D eigenvalue weighted by molar-refractivity contribution is -0.385. The fourth-order valence-electron chi connectivity index (χ4n) is 1.45. The molecule has 0 aliphatic heterocycles. The van der Waals surface area contributed by atoms with Crippen molar-refractivity contribution in [3.05, 3.63) is 33.9 Å². The van der Waals surface area contributed by atoms with Gasteiger partial charge in [0.2, 0.25) is 0 Å². The van der Waals surface area contributed by atoms with Crippen LogP contribution < -0.4 is 0 Å². The van der Waals surface area contributed by atoms with Crippen LogP contribution in [0.15, 0.2) is 23.1 Å². The number of likely N-dealkylation sites (N-methyl/N-ethyl adjacent to an activating group) is 1. The maximum Gasteiger partial charge on any atom is 0.323 e. The largest absolute Gasteiger partial charge is 0.480 e. The number of hydrogen-bond acceptors (Lipinski definition) is 5. The maximum atomic E-state index is 12.0. The number of nitro groups is 1. The average molecular weight is 284 g/mol. The van der Waals surface area contributed by atoms with Crippen molar-refractivity contribution in [3.63, 3.8) is 0 Å². The monoisotopic (exact) mass is 284 g/mol. The molecule has 1 N–H and O–H groups in total. The van der Waals surface area contributed by atoms with Crippen LogP contribution >= 0.6 is 11.8 Å². The van der Waals surface area contributed by atoms with Crippen LogP contribution in [0.3, 0.4) is 0 Å². The number of aliphatic carboxylic acids is 1. The van der Waals surface area contributed by atoms with Gasteiger partial charge in [0.15, 0.2) is 0 Å². The fourth-order valence-corrected chi connectivity index (χ4v) is 1.89. The van der Waals surface area contributed by atoms with Crippen LogP contribution in [0.25, 0.3) is 0 Å². The molecule has 1 amide bonds. The quantitative estimate of drug-likeness (QED) is 0.499. The number of amides is 1. The molecular formula is C11H12N2O5S. The zero-order valence-electron chi connectivity index (χ0n) is 10.3. The molecule has 1 aromatic carbocycles. The maximum absolute atomic E-state index is 12.0. The van der Waals surface area contributed by atoms with Crippen LogP contribution in [0.2, 0.25) is 0 Å². The molecule has 1 aromatic rings. The van der Waals surface area contributed by atoms with Crippen molar-refractivity contribution in [2.45, 2.75) is 4.90 Å². The Balaban J connectivity index is 3.18. The van der Waals surface area contributed by atoms with Gasteiger partial charge in [0.25, 0.3) is 11.6 Å². The third-order valence-corrected chi connectivity index (χ3v) is 3.08. The second kappa shape index (κ2) is 6.19. The summed E-state index contributed by atoms with van der Waals surface area (Å²) in [5, 5.41) is 19.5. The van der Waals surface area contributed by atoms with E-state index < -0.39 is 23.3 Å². The van der Waals surface area contributed by atoms with Gasteiger partial charge in [-0.25, -0.2) is 0 Å². The third-order valence-electron chi connectivity index (χ3n) is 2.35. The Hall–Kier alpha value is -2.09. The molecule has 0 heterocycles. The summed E-state index contributed by atoms with van der Waals surface area (Å²) in [6.45, 7) is -0.514. The van der Waals surface area contributed by atoms with E-state index >= 15 is 0 Å². The molecule has 0 bridgehead atoms. The van der Waals surface area contributed by atoms with Crippen LogP contribution in [-0.4, -0.2) is 46.7 Å². The predicted molar refractivity (Wildman–Crippen MR) is 69.5 cm³/mol. The van der Waals surface area contributed by atoms with Crippen molar-refractivity contribution in [2.75, 3.05) is 19.8 Å². The van der Waals surface area contributed by atoms with E-state index in [-0.39, 0.29) is 11.3 Å². The summed E-state index contributed by atoms with van der Waals surface area (Å²) in [6.07, 6.45) is 1.77. The molecule has 8 heteroatoms. The molecule has 0 radical (unpaired) electrons. The Morgan fingerprint density at radius 2 is 2.11 bits per heavy atom. The normalized spacial score (nSPS) is 10.0. The van der Waals surface area contributed by atoms with Gasteiger partial charge in [0.05, 0.1) is 4.92 Å². The van der Waals surface area contributed by atoms with E-state index in [0.717, 1.165) is 4.90 Å². The standard InChI is InChI=1S/C11H12N2O5S/c1-12(6-10(14)15)11(16)8-5-7(19-2)3-4-9(8)13(17)18/h3-5H,6H2,1-2H3,(H,14,15). The minimum absolute atomic E-state index is 0.111. The number of nitro benzene ring substituents is 1. The number of benzene rings is 1. The van der Waals surface area contributed by atoms with Gasteiger partial charge < -0.3 is 10.0 Å². The second-order valence-electron chi connectivity index (χ2n) is 3.70. The number of thioether (sulfide) groups is 1. The summed E-state index contributed by atoms with van der Waals surface area (Å²) in [6, 6.07) is 4.17. The van der Waals surface area contributed by atoms with E-state index in [0.29, 0.717) is 4.90 Å². The predicted octanol–water partition coefficient (Wildman–Crippen LogP) is 1.47. The summed E-state index contributed by atoms with van der Waals surface area (Å²) in [5.74, 6) is -1.87. The Morgan fingerprint density at radius 3 is 2.58 bits per heavy atom. The fraction of sp³-hybridized carbons (Fsp3) is 0.273. The summed E-state index contributed by atoms with van der Waals surface area (Å²) in [7, 11) is 1.28. The first-order chi connectivity index (χ1) is 8.86. The topological polar surface area (TPSA) is 101 Å². The van der Waals surface area contributed by atoms with E-state index in [9.17, 15) is 19.7 Å². The first-order valence-corrected chi connectivity index (χ1v) is 6.39. The molecule has 0 aromatic heterocycles. The molecule has 7 nitrogen and oxygen atoms in total. The number of carboxylic acids is 1. The molecule has 0 aliphatic carbocycles. The summed E-state index contributed by atoms with van der Waals surface area (Å²) in [5.41, 5.74) is -0.444. The summed E-state index contributed by atoms with van der Waals surface area (Å²) in [4.78, 5) is 34.4. The minimum atomic E-state index is -1.18. The van der Waals surface area contributed by atoms with Gasteiger partial charge in [-0.1, -0.05) is 0 Å². The average Bonchev–Trinajstić information content (AvgIpc) is 2.36. The van der Waals surface area contributed by atoms with Crippen molar-refractivity contribution >= 4 is 29.3 Å². The lowest BCUT2D eigenvalue weighted by atomic mass is 10.1. The zero-order chi connectivity index (χ0) is 14.6. The molecule has 0 unspecified atom stereocenters. The number of carbonyl (C=O) groups is 2. The van der Waals surface area contributed by atoms with Gasteiger partial charge in [-0.05, 0) is 18.4 Å². The van der Waals surface area contributed by atoms with E-state index in [1.165, 1.54) is 37.0 Å². The highest BCUT2D eigenvalue weighted by Crippen LogP contribution is 2.25.